The number of piperidine rings is 1. The van der Waals surface area contributed by atoms with E-state index in [4.69, 9.17) is 0 Å². The highest BCUT2D eigenvalue weighted by Gasteiger charge is 2.23. The monoisotopic (exact) mass is 340 g/mol. The van der Waals surface area contributed by atoms with E-state index in [2.05, 4.69) is 58.3 Å². The van der Waals surface area contributed by atoms with Gasteiger partial charge in [0.25, 0.3) is 0 Å². The lowest BCUT2D eigenvalue weighted by molar-refractivity contribution is 0.0824. The molecule has 126 valence electrons. The van der Waals surface area contributed by atoms with Crippen molar-refractivity contribution in [2.45, 2.75) is 35.2 Å². The molecule has 2 heterocycles. The van der Waals surface area contributed by atoms with Crippen LogP contribution in [0.15, 0.2) is 58.3 Å². The first kappa shape index (κ1) is 16.0. The average molecular weight is 340 g/mol. The Bertz CT molecular complexity index is 652. The number of anilines is 2. The van der Waals surface area contributed by atoms with Crippen molar-refractivity contribution in [2.24, 2.45) is 0 Å². The molecular weight excluding hydrogens is 316 g/mol. The van der Waals surface area contributed by atoms with Crippen LogP contribution in [0.25, 0.3) is 0 Å². The molecule has 0 atom stereocenters. The molecule has 0 unspecified atom stereocenters. The lowest BCUT2D eigenvalue weighted by Crippen LogP contribution is -2.37. The largest absolute Gasteiger partial charge is 0.393 e. The maximum Gasteiger partial charge on any atom is 0.0564 e. The van der Waals surface area contributed by atoms with Crippen molar-refractivity contribution in [3.8, 4) is 0 Å². The van der Waals surface area contributed by atoms with Gasteiger partial charge >= 0.3 is 0 Å². The molecule has 3 nitrogen and oxygen atoms in total. The summed E-state index contributed by atoms with van der Waals surface area (Å²) in [5, 5.41) is 9.64. The standard InChI is InChI=1S/C20H24N2OS/c23-16-10-14-21(15-11-16)12-5-13-22-17-6-1-3-8-19(17)24-20-9-4-2-7-18(20)22/h1-4,6-9,16,23H,5,10-15H2. The highest BCUT2D eigenvalue weighted by atomic mass is 32.2. The Morgan fingerprint density at radius 2 is 1.46 bits per heavy atom. The zero-order chi connectivity index (χ0) is 16.4. The first-order valence-corrected chi connectivity index (χ1v) is 9.67. The van der Waals surface area contributed by atoms with E-state index < -0.39 is 0 Å². The molecule has 4 heteroatoms. The molecule has 0 radical (unpaired) electrons. The summed E-state index contributed by atoms with van der Waals surface area (Å²) in [4.78, 5) is 7.65. The first-order valence-electron chi connectivity index (χ1n) is 8.85. The van der Waals surface area contributed by atoms with E-state index in [0.29, 0.717) is 0 Å². The van der Waals surface area contributed by atoms with Gasteiger partial charge in [-0.2, -0.15) is 0 Å². The molecule has 0 saturated carbocycles. The van der Waals surface area contributed by atoms with E-state index in [-0.39, 0.29) is 6.10 Å². The molecule has 0 spiro atoms. The van der Waals surface area contributed by atoms with Crippen molar-refractivity contribution in [3.63, 3.8) is 0 Å². The Balaban J connectivity index is 1.46. The summed E-state index contributed by atoms with van der Waals surface area (Å²) in [6.45, 7) is 4.21. The van der Waals surface area contributed by atoms with Gasteiger partial charge in [0.05, 0.1) is 17.5 Å². The summed E-state index contributed by atoms with van der Waals surface area (Å²) in [6.07, 6.45) is 2.90. The van der Waals surface area contributed by atoms with Crippen LogP contribution < -0.4 is 4.90 Å². The number of benzene rings is 2. The summed E-state index contributed by atoms with van der Waals surface area (Å²) in [5.74, 6) is 0. The number of hydrogen-bond acceptors (Lipinski definition) is 4. The van der Waals surface area contributed by atoms with Gasteiger partial charge in [0.15, 0.2) is 0 Å². The van der Waals surface area contributed by atoms with Gasteiger partial charge in [0, 0.05) is 29.4 Å². The van der Waals surface area contributed by atoms with Crippen LogP contribution in [-0.4, -0.2) is 42.3 Å². The Morgan fingerprint density at radius 1 is 0.875 bits per heavy atom. The second kappa shape index (κ2) is 7.18. The van der Waals surface area contributed by atoms with Crippen LogP contribution in [0.2, 0.25) is 0 Å². The van der Waals surface area contributed by atoms with Crippen LogP contribution in [0.1, 0.15) is 19.3 Å². The maximum atomic E-state index is 9.64. The second-order valence-corrected chi connectivity index (χ2v) is 7.70. The van der Waals surface area contributed by atoms with Crippen molar-refractivity contribution in [2.75, 3.05) is 31.1 Å². The predicted molar refractivity (Wildman–Crippen MR) is 100 cm³/mol. The minimum absolute atomic E-state index is 0.0841. The summed E-state index contributed by atoms with van der Waals surface area (Å²) in [6, 6.07) is 17.4. The number of aliphatic hydroxyl groups excluding tert-OH is 1. The summed E-state index contributed by atoms with van der Waals surface area (Å²) in [7, 11) is 0. The molecular formula is C20H24N2OS. The van der Waals surface area contributed by atoms with E-state index in [1.807, 2.05) is 11.8 Å². The van der Waals surface area contributed by atoms with Crippen LogP contribution >= 0.6 is 11.8 Å². The summed E-state index contributed by atoms with van der Waals surface area (Å²) in [5.41, 5.74) is 2.66. The van der Waals surface area contributed by atoms with Gasteiger partial charge in [-0.15, -0.1) is 0 Å². The topological polar surface area (TPSA) is 26.7 Å². The number of hydrogen-bond donors (Lipinski definition) is 1. The van der Waals surface area contributed by atoms with Gasteiger partial charge in [-0.3, -0.25) is 0 Å². The molecule has 1 fully saturated rings. The van der Waals surface area contributed by atoms with E-state index in [0.717, 1.165) is 45.4 Å². The molecule has 2 aliphatic heterocycles. The Morgan fingerprint density at radius 3 is 2.08 bits per heavy atom. The van der Waals surface area contributed by atoms with Crippen LogP contribution in [0.3, 0.4) is 0 Å². The van der Waals surface area contributed by atoms with Crippen molar-refractivity contribution in [1.82, 2.24) is 4.90 Å². The Hall–Kier alpha value is -1.49. The van der Waals surface area contributed by atoms with E-state index in [1.54, 1.807) is 0 Å². The zero-order valence-corrected chi connectivity index (χ0v) is 14.7. The summed E-state index contributed by atoms with van der Waals surface area (Å²) < 4.78 is 0. The molecule has 1 saturated heterocycles. The third-order valence-corrected chi connectivity index (χ3v) is 6.08. The second-order valence-electron chi connectivity index (χ2n) is 6.62. The van der Waals surface area contributed by atoms with Gasteiger partial charge < -0.3 is 14.9 Å². The summed E-state index contributed by atoms with van der Waals surface area (Å²) >= 11 is 1.87. The van der Waals surface area contributed by atoms with Gasteiger partial charge in [-0.25, -0.2) is 0 Å². The fourth-order valence-corrected chi connectivity index (χ4v) is 4.71. The van der Waals surface area contributed by atoms with Crippen molar-refractivity contribution < 1.29 is 5.11 Å². The molecule has 24 heavy (non-hydrogen) atoms. The number of para-hydroxylation sites is 2. The lowest BCUT2D eigenvalue weighted by atomic mass is 10.1. The quantitative estimate of drug-likeness (QED) is 0.905. The van der Waals surface area contributed by atoms with E-state index in [9.17, 15) is 5.11 Å². The average Bonchev–Trinajstić information content (AvgIpc) is 2.63. The molecule has 1 N–H and O–H groups in total. The van der Waals surface area contributed by atoms with E-state index in [1.165, 1.54) is 21.2 Å². The predicted octanol–water partition coefficient (Wildman–Crippen LogP) is 4.14. The Kier molecular flexibility index (Phi) is 4.79. The van der Waals surface area contributed by atoms with Crippen molar-refractivity contribution in [3.05, 3.63) is 48.5 Å². The molecule has 2 aromatic rings. The van der Waals surface area contributed by atoms with Gasteiger partial charge in [0.2, 0.25) is 0 Å². The zero-order valence-electron chi connectivity index (χ0n) is 13.9. The molecule has 0 amide bonds. The fraction of sp³-hybridized carbons (Fsp3) is 0.400. The first-order chi connectivity index (χ1) is 11.8. The SMILES string of the molecule is OC1CCN(CCCN2c3ccccc3Sc3ccccc32)CC1. The molecule has 0 aromatic heterocycles. The third-order valence-electron chi connectivity index (χ3n) is 4.95. The van der Waals surface area contributed by atoms with Crippen molar-refractivity contribution >= 4 is 23.1 Å². The van der Waals surface area contributed by atoms with Gasteiger partial charge in [-0.1, -0.05) is 36.0 Å². The molecule has 2 aromatic carbocycles. The minimum atomic E-state index is -0.0841. The lowest BCUT2D eigenvalue weighted by Gasteiger charge is -2.34. The fourth-order valence-electron chi connectivity index (χ4n) is 3.62. The van der Waals surface area contributed by atoms with Crippen LogP contribution in [0.5, 0.6) is 0 Å². The normalized spacial score (nSPS) is 18.3. The molecule has 4 rings (SSSR count). The number of aliphatic hydroxyl groups is 1. The number of rotatable bonds is 4. The maximum absolute atomic E-state index is 9.64. The van der Waals surface area contributed by atoms with E-state index >= 15 is 0 Å². The highest BCUT2D eigenvalue weighted by Crippen LogP contribution is 2.47. The number of fused-ring (bicyclic) bond motifs is 2. The molecule has 0 bridgehead atoms. The number of likely N-dealkylation sites (tertiary alicyclic amines) is 1. The van der Waals surface area contributed by atoms with Gasteiger partial charge in [-0.05, 0) is 50.1 Å². The van der Waals surface area contributed by atoms with Crippen LogP contribution in [-0.2, 0) is 0 Å². The number of nitrogens with zero attached hydrogens (tertiary/aromatic N) is 2. The van der Waals surface area contributed by atoms with Crippen LogP contribution in [0, 0.1) is 0 Å². The van der Waals surface area contributed by atoms with Crippen molar-refractivity contribution in [1.29, 1.82) is 0 Å². The Labute approximate surface area is 148 Å². The smallest absolute Gasteiger partial charge is 0.0564 e. The third kappa shape index (κ3) is 3.32. The van der Waals surface area contributed by atoms with Crippen LogP contribution in [0.4, 0.5) is 11.4 Å². The molecule has 2 aliphatic rings. The molecule has 0 aliphatic carbocycles. The minimum Gasteiger partial charge on any atom is -0.393 e. The highest BCUT2D eigenvalue weighted by molar-refractivity contribution is 7.99. The van der Waals surface area contributed by atoms with Gasteiger partial charge in [0.1, 0.15) is 0 Å².